The van der Waals surface area contributed by atoms with E-state index >= 15 is 0 Å². The Bertz CT molecular complexity index is 1620. The molecule has 240 valence electrons. The molecule has 2 heterocycles. The Morgan fingerprint density at radius 1 is 1.02 bits per heavy atom. The van der Waals surface area contributed by atoms with Crippen LogP contribution in [0.5, 0.6) is 0 Å². The molecule has 1 aliphatic carbocycles. The van der Waals surface area contributed by atoms with Gasteiger partial charge >= 0.3 is 0 Å². The van der Waals surface area contributed by atoms with E-state index in [1.54, 1.807) is 35.2 Å². The Morgan fingerprint density at radius 2 is 1.69 bits per heavy atom. The van der Waals surface area contributed by atoms with Gasteiger partial charge in [0.15, 0.2) is 11.2 Å². The summed E-state index contributed by atoms with van der Waals surface area (Å²) in [6.07, 6.45) is 6.85. The minimum atomic E-state index is -0.921. The van der Waals surface area contributed by atoms with Gasteiger partial charge < -0.3 is 20.0 Å². The number of piperidine rings is 1. The molecule has 2 aliphatic rings. The zero-order valence-electron chi connectivity index (χ0n) is 26.1. The normalized spacial score (nSPS) is 17.9. The monoisotopic (exact) mass is 697 g/mol. The number of rotatable bonds is 7. The molecule has 0 radical (unpaired) electrons. The van der Waals surface area contributed by atoms with E-state index in [9.17, 15) is 19.2 Å². The molecule has 1 saturated heterocycles. The van der Waals surface area contributed by atoms with Crippen LogP contribution >= 0.6 is 27.5 Å². The lowest BCUT2D eigenvalue weighted by Gasteiger charge is -2.48. The fourth-order valence-corrected chi connectivity index (χ4v) is 7.30. The standard InChI is InChI=1S/C35H41BrClN3O5/c1-34(2,3)39-33(44)35(23-7-5-4-6-8-23)15-17-40(18-16-35)32(43)27(19-22-9-12-25(37)13-10-22)38-31(42)30-21-28(41)26-20-24(36)11-14-29(26)45-30/h9-14,20-21,23,27H,4-8,15-19H2,1-3H3,(H,38,42)(H,39,44)/t27-/m1/s1. The molecule has 2 fully saturated rings. The van der Waals surface area contributed by atoms with Crippen LogP contribution in [0.1, 0.15) is 81.8 Å². The van der Waals surface area contributed by atoms with Gasteiger partial charge in [0.2, 0.25) is 11.8 Å². The third kappa shape index (κ3) is 7.80. The van der Waals surface area contributed by atoms with Crippen LogP contribution in [0.25, 0.3) is 11.0 Å². The highest BCUT2D eigenvalue weighted by atomic mass is 79.9. The van der Waals surface area contributed by atoms with E-state index in [1.165, 1.54) is 6.42 Å². The van der Waals surface area contributed by atoms with Crippen molar-refractivity contribution in [3.63, 3.8) is 0 Å². The highest BCUT2D eigenvalue weighted by Gasteiger charge is 2.49. The van der Waals surface area contributed by atoms with Gasteiger partial charge in [0.1, 0.15) is 11.6 Å². The van der Waals surface area contributed by atoms with Gasteiger partial charge in [0.25, 0.3) is 5.91 Å². The van der Waals surface area contributed by atoms with Gasteiger partial charge in [-0.3, -0.25) is 19.2 Å². The zero-order chi connectivity index (χ0) is 32.4. The molecule has 0 unspecified atom stereocenters. The van der Waals surface area contributed by atoms with Crippen molar-refractivity contribution < 1.29 is 18.8 Å². The molecule has 8 nitrogen and oxygen atoms in total. The second-order valence-electron chi connectivity index (χ2n) is 13.5. The highest BCUT2D eigenvalue weighted by Crippen LogP contribution is 2.46. The maximum absolute atomic E-state index is 14.1. The first-order chi connectivity index (χ1) is 21.3. The third-order valence-corrected chi connectivity index (χ3v) is 9.91. The van der Waals surface area contributed by atoms with Gasteiger partial charge in [-0.2, -0.15) is 0 Å². The summed E-state index contributed by atoms with van der Waals surface area (Å²) in [4.78, 5) is 56.0. The van der Waals surface area contributed by atoms with Gasteiger partial charge in [0.05, 0.1) is 10.8 Å². The molecule has 3 amide bonds. The molecule has 10 heteroatoms. The largest absolute Gasteiger partial charge is 0.451 e. The number of nitrogens with zero attached hydrogens (tertiary/aromatic N) is 1. The maximum Gasteiger partial charge on any atom is 0.287 e. The summed E-state index contributed by atoms with van der Waals surface area (Å²) >= 11 is 9.46. The van der Waals surface area contributed by atoms with Crippen molar-refractivity contribution in [3.05, 3.63) is 79.6 Å². The average Bonchev–Trinajstić information content (AvgIpc) is 3.01. The molecular weight excluding hydrogens is 658 g/mol. The van der Waals surface area contributed by atoms with Crippen LogP contribution < -0.4 is 16.1 Å². The van der Waals surface area contributed by atoms with E-state index in [4.69, 9.17) is 16.0 Å². The molecular formula is C35H41BrClN3O5. The second-order valence-corrected chi connectivity index (χ2v) is 14.8. The van der Waals surface area contributed by atoms with Crippen molar-refractivity contribution in [1.29, 1.82) is 0 Å². The Morgan fingerprint density at radius 3 is 2.33 bits per heavy atom. The van der Waals surface area contributed by atoms with Gasteiger partial charge in [-0.25, -0.2) is 0 Å². The topological polar surface area (TPSA) is 109 Å². The summed E-state index contributed by atoms with van der Waals surface area (Å²) in [6.45, 7) is 6.83. The summed E-state index contributed by atoms with van der Waals surface area (Å²) in [5, 5.41) is 7.01. The van der Waals surface area contributed by atoms with E-state index in [0.29, 0.717) is 36.3 Å². The lowest BCUT2D eigenvalue weighted by molar-refractivity contribution is -0.147. The fraction of sp³-hybridized carbons (Fsp3) is 0.486. The van der Waals surface area contributed by atoms with E-state index < -0.39 is 17.4 Å². The molecule has 1 aliphatic heterocycles. The summed E-state index contributed by atoms with van der Waals surface area (Å²) in [5.41, 5.74) is -0.135. The SMILES string of the molecule is CC(C)(C)NC(=O)C1(C2CCCCC2)CCN(C(=O)[C@@H](Cc2ccc(Cl)cc2)NC(=O)c2cc(=O)c3cc(Br)ccc3o2)CC1. The van der Waals surface area contributed by atoms with Crippen molar-refractivity contribution in [1.82, 2.24) is 15.5 Å². The number of amides is 3. The number of likely N-dealkylation sites (tertiary alicyclic amines) is 1. The van der Waals surface area contributed by atoms with Crippen molar-refractivity contribution in [2.75, 3.05) is 13.1 Å². The molecule has 0 spiro atoms. The van der Waals surface area contributed by atoms with Crippen LogP contribution in [-0.2, 0) is 16.0 Å². The molecule has 3 aromatic rings. The van der Waals surface area contributed by atoms with Crippen molar-refractivity contribution in [3.8, 4) is 0 Å². The van der Waals surface area contributed by atoms with Gasteiger partial charge in [0, 0.05) is 40.6 Å². The Hall–Kier alpha value is -3.17. The molecule has 5 rings (SSSR count). The summed E-state index contributed by atoms with van der Waals surface area (Å²) in [5.74, 6) is -0.691. The van der Waals surface area contributed by atoms with E-state index in [1.807, 2.05) is 32.9 Å². The van der Waals surface area contributed by atoms with Gasteiger partial charge in [-0.1, -0.05) is 58.9 Å². The number of carbonyl (C=O) groups excluding carboxylic acids is 3. The van der Waals surface area contributed by atoms with Gasteiger partial charge in [-0.05, 0) is 88.3 Å². The molecule has 0 bridgehead atoms. The van der Waals surface area contributed by atoms with Crippen molar-refractivity contribution in [2.45, 2.75) is 83.7 Å². The van der Waals surface area contributed by atoms with Crippen molar-refractivity contribution in [2.24, 2.45) is 11.3 Å². The second kappa shape index (κ2) is 13.7. The molecule has 1 aromatic heterocycles. The van der Waals surface area contributed by atoms with Gasteiger partial charge in [-0.15, -0.1) is 0 Å². The molecule has 2 aromatic carbocycles. The number of benzene rings is 2. The lowest BCUT2D eigenvalue weighted by Crippen LogP contribution is -2.59. The highest BCUT2D eigenvalue weighted by molar-refractivity contribution is 9.10. The van der Waals surface area contributed by atoms with Crippen LogP contribution in [0.15, 0.2) is 62.2 Å². The van der Waals surface area contributed by atoms with E-state index in [-0.39, 0.29) is 46.5 Å². The number of carbonyl (C=O) groups is 3. The molecule has 45 heavy (non-hydrogen) atoms. The smallest absolute Gasteiger partial charge is 0.287 e. The number of fused-ring (bicyclic) bond motifs is 1. The predicted molar refractivity (Wildman–Crippen MR) is 179 cm³/mol. The first-order valence-corrected chi connectivity index (χ1v) is 16.9. The minimum absolute atomic E-state index is 0.0818. The van der Waals surface area contributed by atoms with Crippen molar-refractivity contribution >= 4 is 56.2 Å². The number of halogens is 2. The summed E-state index contributed by atoms with van der Waals surface area (Å²) in [7, 11) is 0. The fourth-order valence-electron chi connectivity index (χ4n) is 6.81. The lowest BCUT2D eigenvalue weighted by atomic mass is 9.63. The summed E-state index contributed by atoms with van der Waals surface area (Å²) in [6, 6.07) is 12.4. The van der Waals surface area contributed by atoms with Crippen LogP contribution in [0, 0.1) is 11.3 Å². The maximum atomic E-state index is 14.1. The average molecular weight is 699 g/mol. The quantitative estimate of drug-likeness (QED) is 0.287. The number of nitrogens with one attached hydrogen (secondary N) is 2. The van der Waals surface area contributed by atoms with Crippen LogP contribution in [0.4, 0.5) is 0 Å². The first-order valence-electron chi connectivity index (χ1n) is 15.7. The first kappa shape index (κ1) is 33.2. The number of hydrogen-bond acceptors (Lipinski definition) is 5. The zero-order valence-corrected chi connectivity index (χ0v) is 28.4. The number of hydrogen-bond donors (Lipinski definition) is 2. The Balaban J connectivity index is 1.38. The minimum Gasteiger partial charge on any atom is -0.451 e. The Labute approximate surface area is 277 Å². The van der Waals surface area contributed by atoms with Crippen LogP contribution in [0.2, 0.25) is 5.02 Å². The predicted octanol–water partition coefficient (Wildman–Crippen LogP) is 6.65. The molecule has 2 N–H and O–H groups in total. The van der Waals surface area contributed by atoms with Crippen LogP contribution in [0.3, 0.4) is 0 Å². The summed E-state index contributed by atoms with van der Waals surface area (Å²) < 4.78 is 6.51. The van der Waals surface area contributed by atoms with E-state index in [0.717, 1.165) is 41.8 Å². The Kier molecular flexibility index (Phi) is 10.1. The van der Waals surface area contributed by atoms with E-state index in [2.05, 4.69) is 26.6 Å². The molecule has 1 saturated carbocycles. The van der Waals surface area contributed by atoms with Crippen LogP contribution in [-0.4, -0.2) is 47.3 Å². The molecule has 1 atom stereocenters. The third-order valence-electron chi connectivity index (χ3n) is 9.16.